The van der Waals surface area contributed by atoms with Gasteiger partial charge < -0.3 is 10.4 Å². The number of rotatable bonds is 8. The van der Waals surface area contributed by atoms with Crippen molar-refractivity contribution in [1.82, 2.24) is 0 Å². The van der Waals surface area contributed by atoms with E-state index in [1.165, 1.54) is 37.7 Å². The molecule has 0 fully saturated rings. The van der Waals surface area contributed by atoms with Gasteiger partial charge in [-0.2, -0.15) is 0 Å². The Morgan fingerprint density at radius 1 is 0.905 bits per heavy atom. The molecule has 0 amide bonds. The summed E-state index contributed by atoms with van der Waals surface area (Å²) in [4.78, 5) is 0. The van der Waals surface area contributed by atoms with Gasteiger partial charge in [-0.3, -0.25) is 0 Å². The van der Waals surface area contributed by atoms with Gasteiger partial charge in [-0.15, -0.1) is 0 Å². The Labute approximate surface area is 127 Å². The highest BCUT2D eigenvalue weighted by Gasteiger charge is 2.04. The Hall–Kier alpha value is -1.96. The van der Waals surface area contributed by atoms with Crippen LogP contribution in [0.15, 0.2) is 48.5 Å². The number of para-hydroxylation sites is 1. The first-order chi connectivity index (χ1) is 10.3. The number of phenolic OH excluding ortho intramolecular Hbond substituents is 1. The minimum Gasteiger partial charge on any atom is -0.508 e. The van der Waals surface area contributed by atoms with Crippen LogP contribution in [0.4, 0.5) is 11.4 Å². The van der Waals surface area contributed by atoms with Gasteiger partial charge in [0.15, 0.2) is 0 Å². The first-order valence-corrected chi connectivity index (χ1v) is 7.93. The molecule has 0 radical (unpaired) electrons. The van der Waals surface area contributed by atoms with Gasteiger partial charge in [-0.25, -0.2) is 0 Å². The molecule has 2 nitrogen and oxygen atoms in total. The molecule has 0 aromatic heterocycles. The van der Waals surface area contributed by atoms with Crippen LogP contribution in [-0.4, -0.2) is 5.11 Å². The number of benzene rings is 2. The molecule has 0 unspecified atom stereocenters. The number of anilines is 2. The molecule has 0 spiro atoms. The zero-order valence-electron chi connectivity index (χ0n) is 12.8. The van der Waals surface area contributed by atoms with Crippen LogP contribution in [-0.2, 0) is 6.42 Å². The van der Waals surface area contributed by atoms with E-state index >= 15 is 0 Å². The lowest BCUT2D eigenvalue weighted by atomic mass is 10.0. The summed E-state index contributed by atoms with van der Waals surface area (Å²) in [5.74, 6) is 0.345. The van der Waals surface area contributed by atoms with Crippen LogP contribution in [0.5, 0.6) is 5.75 Å². The van der Waals surface area contributed by atoms with Gasteiger partial charge in [0.05, 0.1) is 0 Å². The molecule has 2 aromatic carbocycles. The minimum atomic E-state index is 0.345. The molecule has 0 bridgehead atoms. The van der Waals surface area contributed by atoms with Gasteiger partial charge in [0.1, 0.15) is 5.75 Å². The first-order valence-electron chi connectivity index (χ1n) is 7.93. The summed E-state index contributed by atoms with van der Waals surface area (Å²) in [5.41, 5.74) is 3.36. The molecular formula is C19H25NO. The van der Waals surface area contributed by atoms with Crippen LogP contribution in [0, 0.1) is 0 Å². The SMILES string of the molecule is CCCCCCCc1cc(O)ccc1Nc1ccccc1. The lowest BCUT2D eigenvalue weighted by molar-refractivity contribution is 0.474. The number of phenols is 1. The minimum absolute atomic E-state index is 0.345. The summed E-state index contributed by atoms with van der Waals surface area (Å²) >= 11 is 0. The molecule has 2 heteroatoms. The van der Waals surface area contributed by atoms with Crippen molar-refractivity contribution in [3.8, 4) is 5.75 Å². The number of hydrogen-bond acceptors (Lipinski definition) is 2. The van der Waals surface area contributed by atoms with E-state index in [2.05, 4.69) is 24.4 Å². The van der Waals surface area contributed by atoms with Gasteiger partial charge in [0, 0.05) is 11.4 Å². The van der Waals surface area contributed by atoms with Gasteiger partial charge in [-0.05, 0) is 48.7 Å². The quantitative estimate of drug-likeness (QED) is 0.484. The Balaban J connectivity index is 2.00. The average molecular weight is 283 g/mol. The highest BCUT2D eigenvalue weighted by atomic mass is 16.3. The fraction of sp³-hybridized carbons (Fsp3) is 0.368. The molecule has 0 atom stereocenters. The summed E-state index contributed by atoms with van der Waals surface area (Å²) in [5, 5.41) is 13.2. The fourth-order valence-electron chi connectivity index (χ4n) is 2.50. The summed E-state index contributed by atoms with van der Waals surface area (Å²) < 4.78 is 0. The molecule has 2 N–H and O–H groups in total. The fourth-order valence-corrected chi connectivity index (χ4v) is 2.50. The highest BCUT2D eigenvalue weighted by molar-refractivity contribution is 5.64. The largest absolute Gasteiger partial charge is 0.508 e. The first kappa shape index (κ1) is 15.4. The van der Waals surface area contributed by atoms with Crippen molar-refractivity contribution in [1.29, 1.82) is 0 Å². The van der Waals surface area contributed by atoms with Gasteiger partial charge in [0.25, 0.3) is 0 Å². The second-order valence-electron chi connectivity index (χ2n) is 5.50. The average Bonchev–Trinajstić information content (AvgIpc) is 2.51. The maximum atomic E-state index is 9.72. The van der Waals surface area contributed by atoms with Crippen molar-refractivity contribution >= 4 is 11.4 Å². The number of nitrogens with one attached hydrogen (secondary N) is 1. The Morgan fingerprint density at radius 3 is 2.43 bits per heavy atom. The predicted molar refractivity (Wildman–Crippen MR) is 90.3 cm³/mol. The number of aromatic hydroxyl groups is 1. The van der Waals surface area contributed by atoms with E-state index in [-0.39, 0.29) is 0 Å². The lowest BCUT2D eigenvalue weighted by Gasteiger charge is -2.12. The molecule has 112 valence electrons. The van der Waals surface area contributed by atoms with Crippen molar-refractivity contribution < 1.29 is 5.11 Å². The Morgan fingerprint density at radius 2 is 1.67 bits per heavy atom. The normalized spacial score (nSPS) is 10.5. The summed E-state index contributed by atoms with van der Waals surface area (Å²) in [6, 6.07) is 15.7. The number of unbranched alkanes of at least 4 members (excludes halogenated alkanes) is 4. The summed E-state index contributed by atoms with van der Waals surface area (Å²) in [6.45, 7) is 2.23. The molecular weight excluding hydrogens is 258 g/mol. The second-order valence-corrected chi connectivity index (χ2v) is 5.50. The lowest BCUT2D eigenvalue weighted by Crippen LogP contribution is -1.96. The maximum absolute atomic E-state index is 9.72. The van der Waals surface area contributed by atoms with Crippen molar-refractivity contribution in [2.45, 2.75) is 45.4 Å². The molecule has 2 rings (SSSR count). The van der Waals surface area contributed by atoms with Crippen LogP contribution in [0.2, 0.25) is 0 Å². The molecule has 21 heavy (non-hydrogen) atoms. The third kappa shape index (κ3) is 5.14. The molecule has 0 heterocycles. The molecule has 0 aliphatic carbocycles. The van der Waals surface area contributed by atoms with Crippen molar-refractivity contribution in [2.24, 2.45) is 0 Å². The summed E-state index contributed by atoms with van der Waals surface area (Å²) in [6.07, 6.45) is 7.33. The highest BCUT2D eigenvalue weighted by Crippen LogP contribution is 2.26. The van der Waals surface area contributed by atoms with E-state index in [4.69, 9.17) is 0 Å². The van der Waals surface area contributed by atoms with Crippen molar-refractivity contribution in [2.75, 3.05) is 5.32 Å². The van der Waals surface area contributed by atoms with Crippen LogP contribution in [0.1, 0.15) is 44.6 Å². The Bertz CT molecular complexity index is 537. The maximum Gasteiger partial charge on any atom is 0.116 e. The molecule has 0 aliphatic heterocycles. The van der Waals surface area contributed by atoms with E-state index in [1.807, 2.05) is 30.3 Å². The van der Waals surface area contributed by atoms with Gasteiger partial charge in [-0.1, -0.05) is 50.8 Å². The van der Waals surface area contributed by atoms with Crippen LogP contribution < -0.4 is 5.32 Å². The topological polar surface area (TPSA) is 32.3 Å². The van der Waals surface area contributed by atoms with Crippen molar-refractivity contribution in [3.63, 3.8) is 0 Å². The van der Waals surface area contributed by atoms with Crippen molar-refractivity contribution in [3.05, 3.63) is 54.1 Å². The smallest absolute Gasteiger partial charge is 0.116 e. The third-order valence-corrected chi connectivity index (χ3v) is 3.69. The molecule has 2 aromatic rings. The molecule has 0 saturated carbocycles. The molecule has 0 saturated heterocycles. The van der Waals surface area contributed by atoms with E-state index < -0.39 is 0 Å². The Kier molecular flexibility index (Phi) is 6.14. The van der Waals surface area contributed by atoms with Crippen LogP contribution >= 0.6 is 0 Å². The zero-order valence-corrected chi connectivity index (χ0v) is 12.8. The number of hydrogen-bond donors (Lipinski definition) is 2. The number of aryl methyl sites for hydroxylation is 1. The van der Waals surface area contributed by atoms with Gasteiger partial charge >= 0.3 is 0 Å². The van der Waals surface area contributed by atoms with E-state index in [0.29, 0.717) is 5.75 Å². The van der Waals surface area contributed by atoms with Crippen LogP contribution in [0.25, 0.3) is 0 Å². The van der Waals surface area contributed by atoms with E-state index in [1.54, 1.807) is 6.07 Å². The van der Waals surface area contributed by atoms with Gasteiger partial charge in [0.2, 0.25) is 0 Å². The van der Waals surface area contributed by atoms with Crippen LogP contribution in [0.3, 0.4) is 0 Å². The monoisotopic (exact) mass is 283 g/mol. The third-order valence-electron chi connectivity index (χ3n) is 3.69. The predicted octanol–water partition coefficient (Wildman–Crippen LogP) is 5.65. The standard InChI is InChI=1S/C19H25NO/c1-2-3-4-5-7-10-16-15-18(21)13-14-19(16)20-17-11-8-6-9-12-17/h6,8-9,11-15,20-21H,2-5,7,10H2,1H3. The zero-order chi connectivity index (χ0) is 14.9. The molecule has 0 aliphatic rings. The van der Waals surface area contributed by atoms with E-state index in [9.17, 15) is 5.11 Å². The second kappa shape index (κ2) is 8.35. The summed E-state index contributed by atoms with van der Waals surface area (Å²) in [7, 11) is 0. The van der Waals surface area contributed by atoms with E-state index in [0.717, 1.165) is 17.8 Å².